The number of nitrogens with zero attached hydrogens (tertiary/aromatic N) is 3. The van der Waals surface area contributed by atoms with Crippen molar-refractivity contribution in [3.05, 3.63) is 5.82 Å². The molecule has 1 aromatic rings. The van der Waals surface area contributed by atoms with Gasteiger partial charge in [-0.25, -0.2) is 4.79 Å². The lowest BCUT2D eigenvalue weighted by molar-refractivity contribution is -0.117. The lowest BCUT2D eigenvalue weighted by atomic mass is 10.6. The average molecular weight is 258 g/mol. The second-order valence-electron chi connectivity index (χ2n) is 3.05. The predicted molar refractivity (Wildman–Crippen MR) is 62.0 cm³/mol. The normalized spacial score (nSPS) is 10.2. The summed E-state index contributed by atoms with van der Waals surface area (Å²) in [6.07, 6.45) is 0. The van der Waals surface area contributed by atoms with Crippen molar-refractivity contribution in [2.24, 2.45) is 11.5 Å². The predicted octanol–water partition coefficient (Wildman–Crippen LogP) is -0.956. The summed E-state index contributed by atoms with van der Waals surface area (Å²) in [5, 5.41) is 10.4. The van der Waals surface area contributed by atoms with Crippen molar-refractivity contribution in [2.75, 3.05) is 5.75 Å². The Morgan fingerprint density at radius 1 is 1.47 bits per heavy atom. The minimum atomic E-state index is -0.866. The van der Waals surface area contributed by atoms with E-state index in [4.69, 9.17) is 11.5 Å². The number of hydrogen-bond acceptors (Lipinski definition) is 6. The Kier molecular flexibility index (Phi) is 4.91. The SMILES string of the molecule is CCn1c(CN)nnc1SCC(=O)NC(N)=O. The second kappa shape index (κ2) is 6.21. The van der Waals surface area contributed by atoms with Crippen LogP contribution >= 0.6 is 11.8 Å². The van der Waals surface area contributed by atoms with Crippen molar-refractivity contribution < 1.29 is 9.59 Å². The first-order chi connectivity index (χ1) is 8.08. The summed E-state index contributed by atoms with van der Waals surface area (Å²) >= 11 is 1.17. The van der Waals surface area contributed by atoms with Crippen molar-refractivity contribution in [3.8, 4) is 0 Å². The van der Waals surface area contributed by atoms with E-state index in [9.17, 15) is 9.59 Å². The highest BCUT2D eigenvalue weighted by molar-refractivity contribution is 7.99. The number of thioether (sulfide) groups is 1. The summed E-state index contributed by atoms with van der Waals surface area (Å²) < 4.78 is 1.81. The molecule has 0 spiro atoms. The van der Waals surface area contributed by atoms with E-state index < -0.39 is 11.9 Å². The number of carbonyl (C=O) groups is 2. The van der Waals surface area contributed by atoms with E-state index in [1.165, 1.54) is 11.8 Å². The number of hydrogen-bond donors (Lipinski definition) is 3. The van der Waals surface area contributed by atoms with Crippen molar-refractivity contribution in [2.45, 2.75) is 25.2 Å². The van der Waals surface area contributed by atoms with E-state index in [0.29, 0.717) is 17.5 Å². The lowest BCUT2D eigenvalue weighted by Gasteiger charge is -2.05. The molecule has 0 bridgehead atoms. The van der Waals surface area contributed by atoms with Gasteiger partial charge in [0.1, 0.15) is 5.82 Å². The van der Waals surface area contributed by atoms with Crippen LogP contribution in [0.5, 0.6) is 0 Å². The second-order valence-corrected chi connectivity index (χ2v) is 3.99. The molecule has 1 aromatic heterocycles. The number of rotatable bonds is 5. The Hall–Kier alpha value is -1.61. The van der Waals surface area contributed by atoms with Gasteiger partial charge in [-0.2, -0.15) is 0 Å². The molecule has 0 saturated heterocycles. The van der Waals surface area contributed by atoms with Crippen molar-refractivity contribution in [3.63, 3.8) is 0 Å². The molecule has 0 fully saturated rings. The quantitative estimate of drug-likeness (QED) is 0.583. The van der Waals surface area contributed by atoms with Crippen molar-refractivity contribution in [1.29, 1.82) is 0 Å². The van der Waals surface area contributed by atoms with Crippen LogP contribution in [0.4, 0.5) is 4.79 Å². The van der Waals surface area contributed by atoms with Gasteiger partial charge in [0.05, 0.1) is 12.3 Å². The van der Waals surface area contributed by atoms with Gasteiger partial charge in [-0.1, -0.05) is 11.8 Å². The summed E-state index contributed by atoms with van der Waals surface area (Å²) in [6, 6.07) is -0.866. The summed E-state index contributed by atoms with van der Waals surface area (Å²) in [4.78, 5) is 21.6. The maximum atomic E-state index is 11.2. The van der Waals surface area contributed by atoms with Gasteiger partial charge in [-0.15, -0.1) is 10.2 Å². The number of urea groups is 1. The van der Waals surface area contributed by atoms with Gasteiger partial charge in [0.15, 0.2) is 5.16 Å². The molecular formula is C8H14N6O2S. The van der Waals surface area contributed by atoms with E-state index in [0.717, 1.165) is 0 Å². The van der Waals surface area contributed by atoms with Crippen molar-refractivity contribution >= 4 is 23.7 Å². The van der Waals surface area contributed by atoms with Crippen LogP contribution in [0.25, 0.3) is 0 Å². The highest BCUT2D eigenvalue weighted by Gasteiger charge is 2.12. The Labute approximate surface area is 102 Å². The standard InChI is InChI=1S/C8H14N6O2S/c1-2-14-5(3-9)12-13-8(14)17-4-6(15)11-7(10)16/h2-4,9H2,1H3,(H3,10,11,15,16). The molecule has 0 radical (unpaired) electrons. The molecule has 0 aromatic carbocycles. The van der Waals surface area contributed by atoms with Crippen LogP contribution < -0.4 is 16.8 Å². The molecule has 0 unspecified atom stereocenters. The molecule has 1 rings (SSSR count). The zero-order chi connectivity index (χ0) is 12.8. The van der Waals surface area contributed by atoms with Crippen LogP contribution in [0.1, 0.15) is 12.7 Å². The maximum Gasteiger partial charge on any atom is 0.318 e. The lowest BCUT2D eigenvalue weighted by Crippen LogP contribution is -2.36. The molecule has 0 aliphatic heterocycles. The largest absolute Gasteiger partial charge is 0.351 e. The van der Waals surface area contributed by atoms with E-state index in [-0.39, 0.29) is 12.3 Å². The fraction of sp³-hybridized carbons (Fsp3) is 0.500. The topological polar surface area (TPSA) is 129 Å². The molecule has 1 heterocycles. The molecule has 8 nitrogen and oxygen atoms in total. The Morgan fingerprint density at radius 2 is 2.18 bits per heavy atom. The van der Waals surface area contributed by atoms with E-state index in [1.54, 1.807) is 0 Å². The van der Waals surface area contributed by atoms with Gasteiger partial charge in [0.25, 0.3) is 0 Å². The van der Waals surface area contributed by atoms with Gasteiger partial charge in [-0.3, -0.25) is 10.1 Å². The molecule has 0 atom stereocenters. The third-order valence-corrected chi connectivity index (χ3v) is 2.85. The third-order valence-electron chi connectivity index (χ3n) is 1.89. The van der Waals surface area contributed by atoms with Crippen molar-refractivity contribution in [1.82, 2.24) is 20.1 Å². The fourth-order valence-electron chi connectivity index (χ4n) is 1.20. The first-order valence-corrected chi connectivity index (χ1v) is 5.91. The van der Waals surface area contributed by atoms with E-state index in [1.807, 2.05) is 16.8 Å². The average Bonchev–Trinajstić information content (AvgIpc) is 2.67. The van der Waals surface area contributed by atoms with Gasteiger partial charge in [0, 0.05) is 6.54 Å². The molecule has 0 aliphatic carbocycles. The first-order valence-electron chi connectivity index (χ1n) is 4.92. The van der Waals surface area contributed by atoms with Gasteiger partial charge in [0.2, 0.25) is 5.91 Å². The van der Waals surface area contributed by atoms with Crippen LogP contribution in [0.3, 0.4) is 0 Å². The smallest absolute Gasteiger partial charge is 0.318 e. The molecule has 5 N–H and O–H groups in total. The zero-order valence-electron chi connectivity index (χ0n) is 9.34. The summed E-state index contributed by atoms with van der Waals surface area (Å²) in [7, 11) is 0. The van der Waals surface area contributed by atoms with Crippen LogP contribution in [-0.2, 0) is 17.9 Å². The third kappa shape index (κ3) is 3.71. The summed E-state index contributed by atoms with van der Waals surface area (Å²) in [5.74, 6) is 0.235. The van der Waals surface area contributed by atoms with E-state index in [2.05, 4.69) is 10.2 Å². The van der Waals surface area contributed by atoms with Gasteiger partial charge in [-0.05, 0) is 6.92 Å². The highest BCUT2D eigenvalue weighted by Crippen LogP contribution is 2.16. The van der Waals surface area contributed by atoms with Gasteiger partial charge < -0.3 is 16.0 Å². The highest BCUT2D eigenvalue weighted by atomic mass is 32.2. The number of amides is 3. The minimum Gasteiger partial charge on any atom is -0.351 e. The summed E-state index contributed by atoms with van der Waals surface area (Å²) in [6.45, 7) is 2.88. The number of carbonyl (C=O) groups excluding carboxylic acids is 2. The van der Waals surface area contributed by atoms with Crippen LogP contribution in [-0.4, -0.2) is 32.5 Å². The molecular weight excluding hydrogens is 244 g/mol. The molecule has 9 heteroatoms. The Bertz CT molecular complexity index is 418. The van der Waals surface area contributed by atoms with Gasteiger partial charge >= 0.3 is 6.03 Å². The monoisotopic (exact) mass is 258 g/mol. The number of nitrogens with one attached hydrogen (secondary N) is 1. The number of nitrogens with two attached hydrogens (primary N) is 2. The first kappa shape index (κ1) is 13.5. The van der Waals surface area contributed by atoms with Crippen LogP contribution in [0.2, 0.25) is 0 Å². The minimum absolute atomic E-state index is 0.0473. The molecule has 3 amide bonds. The zero-order valence-corrected chi connectivity index (χ0v) is 10.2. The van der Waals surface area contributed by atoms with Crippen LogP contribution in [0, 0.1) is 0 Å². The van der Waals surface area contributed by atoms with E-state index >= 15 is 0 Å². The Balaban J connectivity index is 2.60. The molecule has 17 heavy (non-hydrogen) atoms. The number of primary amides is 1. The summed E-state index contributed by atoms with van der Waals surface area (Å²) in [5.41, 5.74) is 10.3. The Morgan fingerprint density at radius 3 is 2.71 bits per heavy atom. The van der Waals surface area contributed by atoms with Crippen LogP contribution in [0.15, 0.2) is 5.16 Å². The molecule has 0 saturated carbocycles. The number of aromatic nitrogens is 3. The maximum absolute atomic E-state index is 11.2. The molecule has 0 aliphatic rings. The molecule has 94 valence electrons. The number of imide groups is 1. The fourth-order valence-corrected chi connectivity index (χ4v) is 2.02.